The van der Waals surface area contributed by atoms with Crippen molar-refractivity contribution in [3.05, 3.63) is 35.4 Å². The lowest BCUT2D eigenvalue weighted by Gasteiger charge is -2.35. The van der Waals surface area contributed by atoms with Gasteiger partial charge < -0.3 is 20.3 Å². The number of carbonyl (C=O) groups is 2. The van der Waals surface area contributed by atoms with Crippen molar-refractivity contribution >= 4 is 11.9 Å². The SMILES string of the molecule is CC1CN(Cc2ccccc2CNC(=O)N2CCCC2C(=O)NC2CC2)CC(C)O1. The van der Waals surface area contributed by atoms with E-state index in [1.807, 2.05) is 12.1 Å². The first kappa shape index (κ1) is 21.1. The second-order valence-electron chi connectivity index (χ2n) is 9.01. The summed E-state index contributed by atoms with van der Waals surface area (Å²) >= 11 is 0. The fourth-order valence-electron chi connectivity index (χ4n) is 4.62. The number of nitrogens with one attached hydrogen (secondary N) is 2. The maximum atomic E-state index is 12.8. The minimum Gasteiger partial charge on any atom is -0.373 e. The number of rotatable bonds is 6. The number of amides is 3. The number of benzene rings is 1. The van der Waals surface area contributed by atoms with E-state index in [4.69, 9.17) is 4.74 Å². The Morgan fingerprint density at radius 3 is 2.47 bits per heavy atom. The summed E-state index contributed by atoms with van der Waals surface area (Å²) in [6, 6.07) is 8.10. The number of hydrogen-bond acceptors (Lipinski definition) is 4. The van der Waals surface area contributed by atoms with Gasteiger partial charge in [0.25, 0.3) is 0 Å². The summed E-state index contributed by atoms with van der Waals surface area (Å²) in [4.78, 5) is 29.4. The molecule has 164 valence electrons. The van der Waals surface area contributed by atoms with Crippen molar-refractivity contribution in [2.75, 3.05) is 19.6 Å². The summed E-state index contributed by atoms with van der Waals surface area (Å²) in [7, 11) is 0. The first-order valence-electron chi connectivity index (χ1n) is 11.3. The molecule has 1 aromatic rings. The highest BCUT2D eigenvalue weighted by Crippen LogP contribution is 2.23. The fraction of sp³-hybridized carbons (Fsp3) is 0.652. The zero-order valence-corrected chi connectivity index (χ0v) is 18.1. The van der Waals surface area contributed by atoms with Crippen LogP contribution < -0.4 is 10.6 Å². The molecular weight excluding hydrogens is 380 g/mol. The third kappa shape index (κ3) is 5.32. The van der Waals surface area contributed by atoms with Gasteiger partial charge in [-0.15, -0.1) is 0 Å². The molecule has 3 atom stereocenters. The predicted molar refractivity (Wildman–Crippen MR) is 115 cm³/mol. The molecule has 3 fully saturated rings. The molecule has 1 aromatic carbocycles. The van der Waals surface area contributed by atoms with Crippen molar-refractivity contribution in [3.8, 4) is 0 Å². The number of carbonyl (C=O) groups excluding carboxylic acids is 2. The van der Waals surface area contributed by atoms with Crippen molar-refractivity contribution in [3.63, 3.8) is 0 Å². The number of hydrogen-bond donors (Lipinski definition) is 2. The van der Waals surface area contributed by atoms with Crippen LogP contribution >= 0.6 is 0 Å². The third-order valence-corrected chi connectivity index (χ3v) is 6.18. The molecule has 7 nitrogen and oxygen atoms in total. The fourth-order valence-corrected chi connectivity index (χ4v) is 4.62. The van der Waals surface area contributed by atoms with E-state index >= 15 is 0 Å². The lowest BCUT2D eigenvalue weighted by molar-refractivity contribution is -0.124. The van der Waals surface area contributed by atoms with Crippen LogP contribution in [-0.2, 0) is 22.6 Å². The summed E-state index contributed by atoms with van der Waals surface area (Å²) in [5.41, 5.74) is 2.35. The van der Waals surface area contributed by atoms with Gasteiger partial charge in [-0.25, -0.2) is 4.79 Å². The summed E-state index contributed by atoms with van der Waals surface area (Å²) in [5, 5.41) is 6.09. The van der Waals surface area contributed by atoms with E-state index in [1.165, 1.54) is 5.56 Å². The molecule has 2 aliphatic heterocycles. The van der Waals surface area contributed by atoms with Gasteiger partial charge in [0.1, 0.15) is 6.04 Å². The minimum atomic E-state index is -0.336. The number of ether oxygens (including phenoxy) is 1. The number of urea groups is 1. The Morgan fingerprint density at radius 2 is 1.77 bits per heavy atom. The van der Waals surface area contributed by atoms with Gasteiger partial charge in [0, 0.05) is 38.8 Å². The highest BCUT2D eigenvalue weighted by atomic mass is 16.5. The highest BCUT2D eigenvalue weighted by Gasteiger charge is 2.36. The minimum absolute atomic E-state index is 0.00103. The maximum absolute atomic E-state index is 12.8. The molecule has 3 aliphatic rings. The van der Waals surface area contributed by atoms with E-state index in [-0.39, 0.29) is 30.2 Å². The molecule has 0 aromatic heterocycles. The molecule has 3 unspecified atom stereocenters. The third-order valence-electron chi connectivity index (χ3n) is 6.18. The number of nitrogens with zero attached hydrogens (tertiary/aromatic N) is 2. The number of likely N-dealkylation sites (tertiary alicyclic amines) is 1. The smallest absolute Gasteiger partial charge is 0.318 e. The van der Waals surface area contributed by atoms with Crippen LogP contribution in [0.3, 0.4) is 0 Å². The number of morpholine rings is 1. The standard InChI is InChI=1S/C23H34N4O3/c1-16-13-26(14-17(2)30-16)15-19-7-4-3-6-18(19)12-24-23(29)27-11-5-8-21(27)22(28)25-20-9-10-20/h3-4,6-7,16-17,20-21H,5,8-15H2,1-2H3,(H,24,29)(H,25,28). The molecular formula is C23H34N4O3. The van der Waals surface area contributed by atoms with Gasteiger partial charge >= 0.3 is 6.03 Å². The molecule has 0 spiro atoms. The Hall–Kier alpha value is -2.12. The maximum Gasteiger partial charge on any atom is 0.318 e. The molecule has 0 radical (unpaired) electrons. The average Bonchev–Trinajstić information content (AvgIpc) is 3.37. The highest BCUT2D eigenvalue weighted by molar-refractivity contribution is 5.88. The van der Waals surface area contributed by atoms with E-state index in [9.17, 15) is 9.59 Å². The van der Waals surface area contributed by atoms with Gasteiger partial charge in [-0.3, -0.25) is 9.69 Å². The van der Waals surface area contributed by atoms with Crippen LogP contribution in [0.25, 0.3) is 0 Å². The first-order chi connectivity index (χ1) is 14.5. The van der Waals surface area contributed by atoms with Crippen molar-refractivity contribution in [2.24, 2.45) is 0 Å². The zero-order valence-electron chi connectivity index (χ0n) is 18.1. The van der Waals surface area contributed by atoms with Crippen molar-refractivity contribution in [1.82, 2.24) is 20.4 Å². The molecule has 2 saturated heterocycles. The first-order valence-corrected chi connectivity index (χ1v) is 11.3. The molecule has 7 heteroatoms. The molecule has 30 heavy (non-hydrogen) atoms. The van der Waals surface area contributed by atoms with Gasteiger partial charge in [0.15, 0.2) is 0 Å². The quantitative estimate of drug-likeness (QED) is 0.749. The summed E-state index contributed by atoms with van der Waals surface area (Å²) in [6.45, 7) is 8.01. The summed E-state index contributed by atoms with van der Waals surface area (Å²) < 4.78 is 5.84. The second-order valence-corrected chi connectivity index (χ2v) is 9.01. The van der Waals surface area contributed by atoms with E-state index in [0.717, 1.165) is 50.9 Å². The van der Waals surface area contributed by atoms with E-state index in [2.05, 4.69) is 41.5 Å². The molecule has 1 aliphatic carbocycles. The molecule has 1 saturated carbocycles. The molecule has 0 bridgehead atoms. The van der Waals surface area contributed by atoms with Crippen LogP contribution in [0.2, 0.25) is 0 Å². The lowest BCUT2D eigenvalue weighted by Crippen LogP contribution is -2.49. The van der Waals surface area contributed by atoms with Gasteiger partial charge in [-0.1, -0.05) is 24.3 Å². The van der Waals surface area contributed by atoms with Crippen LogP contribution in [0.1, 0.15) is 50.7 Å². The molecule has 2 N–H and O–H groups in total. The van der Waals surface area contributed by atoms with Crippen LogP contribution in [-0.4, -0.2) is 65.7 Å². The van der Waals surface area contributed by atoms with Crippen molar-refractivity contribution in [1.29, 1.82) is 0 Å². The summed E-state index contributed by atoms with van der Waals surface area (Å²) in [5.74, 6) is 0.00103. The van der Waals surface area contributed by atoms with Gasteiger partial charge in [0.05, 0.1) is 12.2 Å². The summed E-state index contributed by atoms with van der Waals surface area (Å²) in [6.07, 6.45) is 4.20. The van der Waals surface area contributed by atoms with Crippen LogP contribution in [0.4, 0.5) is 4.79 Å². The average molecular weight is 415 g/mol. The van der Waals surface area contributed by atoms with E-state index < -0.39 is 0 Å². The largest absolute Gasteiger partial charge is 0.373 e. The van der Waals surface area contributed by atoms with Gasteiger partial charge in [-0.05, 0) is 50.7 Å². The Balaban J connectivity index is 1.34. The normalized spacial score (nSPS) is 27.1. The topological polar surface area (TPSA) is 73.9 Å². The van der Waals surface area contributed by atoms with Crippen LogP contribution in [0.15, 0.2) is 24.3 Å². The van der Waals surface area contributed by atoms with Gasteiger partial charge in [0.2, 0.25) is 5.91 Å². The predicted octanol–water partition coefficient (Wildman–Crippen LogP) is 2.25. The monoisotopic (exact) mass is 414 g/mol. The van der Waals surface area contributed by atoms with Crippen LogP contribution in [0.5, 0.6) is 0 Å². The van der Waals surface area contributed by atoms with E-state index in [0.29, 0.717) is 19.1 Å². The van der Waals surface area contributed by atoms with Gasteiger partial charge in [-0.2, -0.15) is 0 Å². The van der Waals surface area contributed by atoms with Crippen molar-refractivity contribution < 1.29 is 14.3 Å². The zero-order chi connectivity index (χ0) is 21.1. The molecule has 3 amide bonds. The Labute approximate surface area is 179 Å². The van der Waals surface area contributed by atoms with Crippen molar-refractivity contribution in [2.45, 2.75) is 76.9 Å². The Morgan fingerprint density at radius 1 is 1.07 bits per heavy atom. The molecule has 4 rings (SSSR count). The molecule has 2 heterocycles. The van der Waals surface area contributed by atoms with E-state index in [1.54, 1.807) is 4.90 Å². The second kappa shape index (κ2) is 9.35. The Bertz CT molecular complexity index is 757. The lowest BCUT2D eigenvalue weighted by atomic mass is 10.1. The Kier molecular flexibility index (Phi) is 6.58. The van der Waals surface area contributed by atoms with Crippen LogP contribution in [0, 0.1) is 0 Å².